The third-order valence-electron chi connectivity index (χ3n) is 5.54. The van der Waals surface area contributed by atoms with Crippen molar-refractivity contribution in [2.75, 3.05) is 29.9 Å². The minimum absolute atomic E-state index is 0.173. The predicted octanol–water partition coefficient (Wildman–Crippen LogP) is 6.28. The molecule has 4 rings (SSSR count). The van der Waals surface area contributed by atoms with E-state index < -0.39 is 35.0 Å². The van der Waals surface area contributed by atoms with Crippen LogP contribution in [0.25, 0.3) is 11.3 Å². The largest absolute Gasteiger partial charge is 0.490 e. The van der Waals surface area contributed by atoms with Gasteiger partial charge in [0, 0.05) is 24.7 Å². The average Bonchev–Trinajstić information content (AvgIpc) is 2.79. The number of halogens is 7. The van der Waals surface area contributed by atoms with Crippen molar-refractivity contribution in [3.8, 4) is 11.3 Å². The van der Waals surface area contributed by atoms with E-state index in [0.29, 0.717) is 18.7 Å². The lowest BCUT2D eigenvalue weighted by Crippen LogP contribution is -2.38. The van der Waals surface area contributed by atoms with Crippen molar-refractivity contribution in [2.45, 2.75) is 24.9 Å². The van der Waals surface area contributed by atoms with Gasteiger partial charge < -0.3 is 15.0 Å². The molecule has 2 heterocycles. The van der Waals surface area contributed by atoms with E-state index in [1.165, 1.54) is 24.3 Å². The number of ether oxygens (including phenoxy) is 1. The number of hydrogen-bond donors (Lipinski definition) is 1. The summed E-state index contributed by atoms with van der Waals surface area (Å²) in [7, 11) is 0. The highest BCUT2D eigenvalue weighted by Crippen LogP contribution is 2.37. The fourth-order valence-corrected chi connectivity index (χ4v) is 3.81. The molecule has 1 aromatic heterocycles. The first-order valence-electron chi connectivity index (χ1n) is 11.0. The van der Waals surface area contributed by atoms with Crippen LogP contribution in [-0.4, -0.2) is 41.7 Å². The molecule has 0 saturated carbocycles. The highest BCUT2D eigenvalue weighted by Gasteiger charge is 2.42. The Morgan fingerprint density at radius 1 is 1.03 bits per heavy atom. The monoisotopic (exact) mass is 544 g/mol. The summed E-state index contributed by atoms with van der Waals surface area (Å²) in [5, 5.41) is 2.36. The summed E-state index contributed by atoms with van der Waals surface area (Å²) >= 11 is 5.87. The smallest absolute Gasteiger partial charge is 0.449 e. The number of esters is 1. The standard InChI is InChI=1S/C24H19ClF6N4O2/c25-17-11-15(7-8-16(17)23(26,27)28)18-12-20(34-22(33-18)35-9-4-10-35)32-13-19(14-5-2-1-3-6-14)37-21(36)24(29,30)31/h1-3,5-8,11-12,19H,4,9-10,13H2,(H,32,33,34)/t19-/m0/s1. The molecule has 0 bridgehead atoms. The first-order chi connectivity index (χ1) is 17.4. The van der Waals surface area contributed by atoms with Gasteiger partial charge in [0.05, 0.1) is 22.8 Å². The Morgan fingerprint density at radius 2 is 1.73 bits per heavy atom. The molecule has 37 heavy (non-hydrogen) atoms. The van der Waals surface area contributed by atoms with Gasteiger partial charge in [-0.2, -0.15) is 31.3 Å². The summed E-state index contributed by atoms with van der Waals surface area (Å²) in [6.07, 6.45) is -10.2. The highest BCUT2D eigenvalue weighted by atomic mass is 35.5. The number of nitrogens with one attached hydrogen (secondary N) is 1. The van der Waals surface area contributed by atoms with E-state index >= 15 is 0 Å². The number of rotatable bonds is 7. The number of anilines is 2. The fourth-order valence-electron chi connectivity index (χ4n) is 3.52. The number of carbonyl (C=O) groups is 1. The maximum atomic E-state index is 13.1. The van der Waals surface area contributed by atoms with Crippen molar-refractivity contribution in [2.24, 2.45) is 0 Å². The molecule has 0 aliphatic carbocycles. The molecule has 0 spiro atoms. The Balaban J connectivity index is 1.63. The molecule has 196 valence electrons. The van der Waals surface area contributed by atoms with E-state index in [0.717, 1.165) is 18.6 Å². The van der Waals surface area contributed by atoms with Gasteiger partial charge in [-0.3, -0.25) is 0 Å². The van der Waals surface area contributed by atoms with Crippen LogP contribution in [0.4, 0.5) is 38.1 Å². The van der Waals surface area contributed by atoms with Gasteiger partial charge in [-0.25, -0.2) is 9.78 Å². The van der Waals surface area contributed by atoms with E-state index in [4.69, 9.17) is 16.3 Å². The van der Waals surface area contributed by atoms with Crippen LogP contribution < -0.4 is 10.2 Å². The molecule has 0 radical (unpaired) electrons. The number of carbonyl (C=O) groups excluding carboxylic acids is 1. The Morgan fingerprint density at radius 3 is 2.30 bits per heavy atom. The second-order valence-electron chi connectivity index (χ2n) is 8.15. The van der Waals surface area contributed by atoms with Gasteiger partial charge in [0.2, 0.25) is 5.95 Å². The van der Waals surface area contributed by atoms with Crippen molar-refractivity contribution in [1.82, 2.24) is 9.97 Å². The number of alkyl halides is 6. The zero-order valence-corrected chi connectivity index (χ0v) is 19.7. The number of aromatic nitrogens is 2. The molecule has 0 unspecified atom stereocenters. The lowest BCUT2D eigenvalue weighted by Gasteiger charge is -2.31. The van der Waals surface area contributed by atoms with E-state index in [2.05, 4.69) is 15.3 Å². The Hall–Kier alpha value is -3.54. The Bertz CT molecular complexity index is 1270. The maximum absolute atomic E-state index is 13.1. The van der Waals surface area contributed by atoms with Gasteiger partial charge >= 0.3 is 18.3 Å². The predicted molar refractivity (Wildman–Crippen MR) is 124 cm³/mol. The van der Waals surface area contributed by atoms with E-state index in [9.17, 15) is 31.1 Å². The van der Waals surface area contributed by atoms with Crippen LogP contribution in [0.3, 0.4) is 0 Å². The van der Waals surface area contributed by atoms with Crippen LogP contribution in [-0.2, 0) is 15.7 Å². The van der Waals surface area contributed by atoms with Gasteiger partial charge in [0.15, 0.2) is 0 Å². The fraction of sp³-hybridized carbons (Fsp3) is 0.292. The first kappa shape index (κ1) is 26.5. The summed E-state index contributed by atoms with van der Waals surface area (Å²) in [4.78, 5) is 22.2. The maximum Gasteiger partial charge on any atom is 0.490 e. The summed E-state index contributed by atoms with van der Waals surface area (Å²) < 4.78 is 82.6. The third kappa shape index (κ3) is 6.43. The van der Waals surface area contributed by atoms with Crippen molar-refractivity contribution in [1.29, 1.82) is 0 Å². The Kier molecular flexibility index (Phi) is 7.49. The number of hydrogen-bond acceptors (Lipinski definition) is 6. The molecule has 13 heteroatoms. The molecule has 0 amide bonds. The van der Waals surface area contributed by atoms with Gasteiger partial charge in [-0.1, -0.05) is 48.0 Å². The average molecular weight is 545 g/mol. The Labute approximate surface area is 212 Å². The summed E-state index contributed by atoms with van der Waals surface area (Å²) in [6, 6.07) is 12.5. The van der Waals surface area contributed by atoms with Crippen molar-refractivity contribution >= 4 is 29.3 Å². The second-order valence-corrected chi connectivity index (χ2v) is 8.56. The summed E-state index contributed by atoms with van der Waals surface area (Å²) in [5.74, 6) is -1.88. The lowest BCUT2D eigenvalue weighted by molar-refractivity contribution is -0.204. The van der Waals surface area contributed by atoms with Gasteiger partial charge in [0.25, 0.3) is 0 Å². The third-order valence-corrected chi connectivity index (χ3v) is 5.86. The van der Waals surface area contributed by atoms with Crippen LogP contribution in [0, 0.1) is 0 Å². The lowest BCUT2D eigenvalue weighted by atomic mass is 10.1. The molecule has 1 saturated heterocycles. The number of benzene rings is 2. The molecule has 1 aliphatic rings. The zero-order chi connectivity index (χ0) is 26.8. The minimum atomic E-state index is -5.18. The zero-order valence-electron chi connectivity index (χ0n) is 18.9. The van der Waals surface area contributed by atoms with E-state index in [1.807, 2.05) is 4.90 Å². The quantitative estimate of drug-likeness (QED) is 0.279. The summed E-state index contributed by atoms with van der Waals surface area (Å²) in [6.45, 7) is 1.05. The van der Waals surface area contributed by atoms with Crippen LogP contribution in [0.1, 0.15) is 23.7 Å². The van der Waals surface area contributed by atoms with Gasteiger partial charge in [-0.05, 0) is 24.1 Å². The van der Waals surface area contributed by atoms with Crippen molar-refractivity contribution in [3.63, 3.8) is 0 Å². The van der Waals surface area contributed by atoms with Crippen LogP contribution in [0.5, 0.6) is 0 Å². The van der Waals surface area contributed by atoms with Gasteiger partial charge in [0.1, 0.15) is 11.9 Å². The topological polar surface area (TPSA) is 67.3 Å². The highest BCUT2D eigenvalue weighted by molar-refractivity contribution is 6.31. The molecule has 6 nitrogen and oxygen atoms in total. The molecule has 1 atom stereocenters. The van der Waals surface area contributed by atoms with Crippen LogP contribution in [0.2, 0.25) is 5.02 Å². The van der Waals surface area contributed by atoms with E-state index in [-0.39, 0.29) is 29.6 Å². The molecular weight excluding hydrogens is 526 g/mol. The molecular formula is C24H19ClF6N4O2. The SMILES string of the molecule is O=C(O[C@@H](CNc1cc(-c2ccc(C(F)(F)F)c(Cl)c2)nc(N2CCC2)n1)c1ccccc1)C(F)(F)F. The molecule has 2 aromatic carbocycles. The molecule has 1 aliphatic heterocycles. The first-order valence-corrected chi connectivity index (χ1v) is 11.4. The van der Waals surface area contributed by atoms with Gasteiger partial charge in [-0.15, -0.1) is 0 Å². The van der Waals surface area contributed by atoms with Crippen LogP contribution in [0.15, 0.2) is 54.6 Å². The summed E-state index contributed by atoms with van der Waals surface area (Å²) in [5.41, 5.74) is -0.142. The molecule has 3 aromatic rings. The molecule has 1 fully saturated rings. The van der Waals surface area contributed by atoms with E-state index in [1.54, 1.807) is 18.2 Å². The minimum Gasteiger partial charge on any atom is -0.449 e. The van der Waals surface area contributed by atoms with Crippen molar-refractivity contribution in [3.05, 3.63) is 70.7 Å². The van der Waals surface area contributed by atoms with Crippen LogP contribution >= 0.6 is 11.6 Å². The number of nitrogens with zero attached hydrogens (tertiary/aromatic N) is 3. The molecule has 1 N–H and O–H groups in total. The normalized spacial score (nSPS) is 14.6. The second kappa shape index (κ2) is 10.4. The van der Waals surface area contributed by atoms with Crippen molar-refractivity contribution < 1.29 is 35.9 Å².